The summed E-state index contributed by atoms with van der Waals surface area (Å²) in [5, 5.41) is 0. The fraction of sp³-hybridized carbons (Fsp3) is 0.182. The van der Waals surface area contributed by atoms with Crippen LogP contribution in [0.5, 0.6) is 0 Å². The molecule has 0 atom stereocenters. The normalized spacial score (nSPS) is 10.5. The molecule has 1 aromatic rings. The molecule has 0 saturated carbocycles. The van der Waals surface area contributed by atoms with Crippen LogP contribution in [0.2, 0.25) is 0 Å². The maximum absolute atomic E-state index is 11.0. The van der Waals surface area contributed by atoms with Crippen molar-refractivity contribution >= 4 is 28.0 Å². The van der Waals surface area contributed by atoms with Gasteiger partial charge in [0.25, 0.3) is 0 Å². The van der Waals surface area contributed by atoms with Gasteiger partial charge in [-0.2, -0.15) is 4.89 Å². The highest BCUT2D eigenvalue weighted by Gasteiger charge is 1.96. The predicted molar refractivity (Wildman–Crippen MR) is 60.9 cm³/mol. The molecule has 0 aliphatic rings. The van der Waals surface area contributed by atoms with Crippen molar-refractivity contribution in [2.75, 3.05) is 6.61 Å². The molecule has 80 valence electrons. The fourth-order valence-electron chi connectivity index (χ4n) is 0.883. The first-order valence-electron chi connectivity index (χ1n) is 4.49. The monoisotopic (exact) mass is 270 g/mol. The van der Waals surface area contributed by atoms with Gasteiger partial charge >= 0.3 is 5.97 Å². The van der Waals surface area contributed by atoms with Crippen LogP contribution >= 0.6 is 15.9 Å². The Balaban J connectivity index is 2.50. The molecule has 0 saturated heterocycles. The smallest absolute Gasteiger partial charge is 0.294 e. The molecule has 1 aromatic carbocycles. The van der Waals surface area contributed by atoms with E-state index in [0.29, 0.717) is 6.61 Å². The average Bonchev–Trinajstić information content (AvgIpc) is 2.25. The summed E-state index contributed by atoms with van der Waals surface area (Å²) in [5.41, 5.74) is 0.923. The first-order valence-corrected chi connectivity index (χ1v) is 5.28. The minimum Gasteiger partial charge on any atom is -0.294 e. The molecule has 15 heavy (non-hydrogen) atoms. The second-order valence-corrected chi connectivity index (χ2v) is 3.61. The Morgan fingerprint density at radius 1 is 1.40 bits per heavy atom. The summed E-state index contributed by atoms with van der Waals surface area (Å²) < 4.78 is 0.997. The molecule has 0 fully saturated rings. The van der Waals surface area contributed by atoms with Crippen LogP contribution in [0.25, 0.3) is 6.08 Å². The second-order valence-electron chi connectivity index (χ2n) is 2.69. The van der Waals surface area contributed by atoms with E-state index in [1.54, 1.807) is 13.0 Å². The standard InChI is InChI=1S/C11H11BrO3/c1-2-14-15-11(13)8-5-9-3-6-10(12)7-4-9/h3-8H,2H2,1H3/b8-5+. The molecule has 0 amide bonds. The van der Waals surface area contributed by atoms with Crippen molar-refractivity contribution in [3.05, 3.63) is 40.4 Å². The molecule has 0 aliphatic heterocycles. The molecule has 0 aromatic heterocycles. The van der Waals surface area contributed by atoms with Gasteiger partial charge in [0, 0.05) is 10.5 Å². The molecule has 0 N–H and O–H groups in total. The van der Waals surface area contributed by atoms with Crippen LogP contribution in [0.4, 0.5) is 0 Å². The van der Waals surface area contributed by atoms with Crippen LogP contribution in [0.15, 0.2) is 34.8 Å². The van der Waals surface area contributed by atoms with E-state index >= 15 is 0 Å². The second kappa shape index (κ2) is 6.37. The number of benzene rings is 1. The molecule has 0 spiro atoms. The zero-order valence-corrected chi connectivity index (χ0v) is 9.86. The third-order valence-corrected chi connectivity index (χ3v) is 2.07. The van der Waals surface area contributed by atoms with Crippen LogP contribution in [-0.2, 0) is 14.6 Å². The van der Waals surface area contributed by atoms with E-state index in [9.17, 15) is 4.79 Å². The van der Waals surface area contributed by atoms with Gasteiger partial charge in [-0.25, -0.2) is 4.79 Å². The highest BCUT2D eigenvalue weighted by atomic mass is 79.9. The number of rotatable bonds is 4. The lowest BCUT2D eigenvalue weighted by Crippen LogP contribution is -2.00. The third kappa shape index (κ3) is 4.76. The summed E-state index contributed by atoms with van der Waals surface area (Å²) in [6.45, 7) is 2.09. The molecule has 1 rings (SSSR count). The van der Waals surface area contributed by atoms with Crippen molar-refractivity contribution in [2.45, 2.75) is 6.92 Å². The first kappa shape index (κ1) is 11.9. The molecular formula is C11H11BrO3. The lowest BCUT2D eigenvalue weighted by Gasteiger charge is -1.96. The predicted octanol–water partition coefficient (Wildman–Crippen LogP) is 2.96. The van der Waals surface area contributed by atoms with E-state index in [1.807, 2.05) is 24.3 Å². The maximum Gasteiger partial charge on any atom is 0.365 e. The van der Waals surface area contributed by atoms with Crippen molar-refractivity contribution in [3.63, 3.8) is 0 Å². The van der Waals surface area contributed by atoms with Gasteiger partial charge in [0.1, 0.15) is 0 Å². The van der Waals surface area contributed by atoms with Crippen LogP contribution in [-0.4, -0.2) is 12.6 Å². The highest BCUT2D eigenvalue weighted by molar-refractivity contribution is 9.10. The fourth-order valence-corrected chi connectivity index (χ4v) is 1.15. The van der Waals surface area contributed by atoms with Crippen molar-refractivity contribution in [1.29, 1.82) is 0 Å². The average molecular weight is 271 g/mol. The molecule has 0 unspecified atom stereocenters. The summed E-state index contributed by atoms with van der Waals surface area (Å²) in [4.78, 5) is 19.9. The molecular weight excluding hydrogens is 260 g/mol. The summed E-state index contributed by atoms with van der Waals surface area (Å²) in [5.74, 6) is -0.514. The largest absolute Gasteiger partial charge is 0.365 e. The topological polar surface area (TPSA) is 35.5 Å². The first-order chi connectivity index (χ1) is 7.22. The van der Waals surface area contributed by atoms with Crippen molar-refractivity contribution < 1.29 is 14.6 Å². The van der Waals surface area contributed by atoms with E-state index in [-0.39, 0.29) is 0 Å². The van der Waals surface area contributed by atoms with Crippen molar-refractivity contribution in [1.82, 2.24) is 0 Å². The number of hydrogen-bond donors (Lipinski definition) is 0. The molecule has 0 heterocycles. The van der Waals surface area contributed by atoms with E-state index < -0.39 is 5.97 Å². The Morgan fingerprint density at radius 3 is 2.67 bits per heavy atom. The molecule has 4 heteroatoms. The minimum atomic E-state index is -0.514. The van der Waals surface area contributed by atoms with Gasteiger partial charge in [-0.05, 0) is 30.7 Å². The zero-order chi connectivity index (χ0) is 11.1. The Bertz CT molecular complexity index is 343. The van der Waals surface area contributed by atoms with Crippen molar-refractivity contribution in [2.24, 2.45) is 0 Å². The van der Waals surface area contributed by atoms with Crippen LogP contribution in [0.3, 0.4) is 0 Å². The van der Waals surface area contributed by atoms with Gasteiger partial charge in [-0.15, -0.1) is 0 Å². The number of carbonyl (C=O) groups is 1. The van der Waals surface area contributed by atoms with E-state index in [4.69, 9.17) is 0 Å². The highest BCUT2D eigenvalue weighted by Crippen LogP contribution is 2.11. The van der Waals surface area contributed by atoms with Crippen LogP contribution < -0.4 is 0 Å². The van der Waals surface area contributed by atoms with Crippen molar-refractivity contribution in [3.8, 4) is 0 Å². The van der Waals surface area contributed by atoms with Crippen LogP contribution in [0.1, 0.15) is 12.5 Å². The zero-order valence-electron chi connectivity index (χ0n) is 8.27. The number of halogens is 1. The van der Waals surface area contributed by atoms with E-state index in [1.165, 1.54) is 6.08 Å². The maximum atomic E-state index is 11.0. The molecule has 0 aliphatic carbocycles. The Labute approximate surface area is 96.8 Å². The van der Waals surface area contributed by atoms with Gasteiger partial charge in [0.15, 0.2) is 0 Å². The molecule has 0 radical (unpaired) electrons. The summed E-state index contributed by atoms with van der Waals surface area (Å²) >= 11 is 3.32. The summed E-state index contributed by atoms with van der Waals surface area (Å²) in [6, 6.07) is 7.56. The lowest BCUT2D eigenvalue weighted by atomic mass is 10.2. The molecule has 0 bridgehead atoms. The Hall–Kier alpha value is -1.13. The lowest BCUT2D eigenvalue weighted by molar-refractivity contribution is -0.264. The number of carbonyl (C=O) groups excluding carboxylic acids is 1. The van der Waals surface area contributed by atoms with Gasteiger partial charge in [0.05, 0.1) is 6.61 Å². The summed E-state index contributed by atoms with van der Waals surface area (Å²) in [7, 11) is 0. The van der Waals surface area contributed by atoms with Gasteiger partial charge in [0.2, 0.25) is 0 Å². The third-order valence-electron chi connectivity index (χ3n) is 1.54. The van der Waals surface area contributed by atoms with Crippen LogP contribution in [0, 0.1) is 0 Å². The van der Waals surface area contributed by atoms with E-state index in [2.05, 4.69) is 25.7 Å². The van der Waals surface area contributed by atoms with E-state index in [0.717, 1.165) is 10.0 Å². The summed E-state index contributed by atoms with van der Waals surface area (Å²) in [6.07, 6.45) is 2.98. The van der Waals surface area contributed by atoms with Gasteiger partial charge in [-0.1, -0.05) is 28.1 Å². The molecule has 3 nitrogen and oxygen atoms in total. The Morgan fingerprint density at radius 2 is 2.07 bits per heavy atom. The van der Waals surface area contributed by atoms with Gasteiger partial charge in [-0.3, -0.25) is 4.89 Å². The quantitative estimate of drug-likeness (QED) is 0.480. The Kier molecular flexibility index (Phi) is 5.07. The minimum absolute atomic E-state index is 0.345. The van der Waals surface area contributed by atoms with Gasteiger partial charge < -0.3 is 0 Å². The SMILES string of the molecule is CCOOC(=O)/C=C/c1ccc(Br)cc1. The number of hydrogen-bond acceptors (Lipinski definition) is 3.